The van der Waals surface area contributed by atoms with E-state index in [0.717, 1.165) is 12.3 Å². The van der Waals surface area contributed by atoms with E-state index in [9.17, 15) is 0 Å². The first kappa shape index (κ1) is 11.3. The molecule has 0 aliphatic heterocycles. The molecule has 0 saturated heterocycles. The van der Waals surface area contributed by atoms with Crippen molar-refractivity contribution in [1.29, 1.82) is 0 Å². The van der Waals surface area contributed by atoms with Gasteiger partial charge in [0.15, 0.2) is 0 Å². The van der Waals surface area contributed by atoms with Crippen LogP contribution in [0.25, 0.3) is 0 Å². The molecule has 0 unspecified atom stereocenters. The van der Waals surface area contributed by atoms with Crippen molar-refractivity contribution in [2.75, 3.05) is 0 Å². The molecule has 2 nitrogen and oxygen atoms in total. The Morgan fingerprint density at radius 3 is 2.17 bits per heavy atom. The molecule has 12 heavy (non-hydrogen) atoms. The van der Waals surface area contributed by atoms with Gasteiger partial charge < -0.3 is 0 Å². The molecule has 0 aliphatic carbocycles. The van der Waals surface area contributed by atoms with Crippen LogP contribution in [0.15, 0.2) is 10.2 Å². The van der Waals surface area contributed by atoms with Crippen LogP contribution in [0.4, 0.5) is 0 Å². The summed E-state index contributed by atoms with van der Waals surface area (Å²) in [5, 5.41) is 7.60. The van der Waals surface area contributed by atoms with E-state index in [0.29, 0.717) is 5.92 Å². The number of rotatable bonds is 5. The van der Waals surface area contributed by atoms with Crippen molar-refractivity contribution in [3.63, 3.8) is 0 Å². The first-order valence-corrected chi connectivity index (χ1v) is 4.60. The molecule has 0 radical (unpaired) electrons. The van der Waals surface area contributed by atoms with E-state index in [1.807, 2.05) is 0 Å². The maximum absolute atomic E-state index is 4.03. The Morgan fingerprint density at radius 1 is 1.25 bits per heavy atom. The standard InChI is InChI=1S/C10H20N2/c1-8(2)6-7-10(9(3)4)12-11-5/h8-9H,5-7H2,1-4H3/b12-10+. The van der Waals surface area contributed by atoms with Crippen molar-refractivity contribution >= 4 is 12.4 Å². The minimum atomic E-state index is 0.495. The maximum Gasteiger partial charge on any atom is 0.0431 e. The zero-order chi connectivity index (χ0) is 9.56. The smallest absolute Gasteiger partial charge is 0.0431 e. The van der Waals surface area contributed by atoms with Gasteiger partial charge in [-0.25, -0.2) is 0 Å². The van der Waals surface area contributed by atoms with Crippen molar-refractivity contribution in [2.24, 2.45) is 22.0 Å². The van der Waals surface area contributed by atoms with E-state index in [-0.39, 0.29) is 0 Å². The summed E-state index contributed by atoms with van der Waals surface area (Å²) in [4.78, 5) is 0. The first-order valence-electron chi connectivity index (χ1n) is 4.60. The predicted molar refractivity (Wildman–Crippen MR) is 55.9 cm³/mol. The summed E-state index contributed by atoms with van der Waals surface area (Å²) in [7, 11) is 0. The predicted octanol–water partition coefficient (Wildman–Crippen LogP) is 3.14. The lowest BCUT2D eigenvalue weighted by Gasteiger charge is -2.09. The second-order valence-electron chi connectivity index (χ2n) is 3.82. The lowest BCUT2D eigenvalue weighted by atomic mass is 9.99. The minimum absolute atomic E-state index is 0.495. The van der Waals surface area contributed by atoms with Crippen LogP contribution in [0, 0.1) is 11.8 Å². The molecule has 70 valence electrons. The molecule has 0 heterocycles. The molecule has 0 saturated carbocycles. The average molecular weight is 168 g/mol. The Kier molecular flexibility index (Phi) is 5.60. The van der Waals surface area contributed by atoms with E-state index in [1.165, 1.54) is 12.1 Å². The molecule has 0 aromatic carbocycles. The third kappa shape index (κ3) is 5.05. The Hall–Kier alpha value is -0.660. The van der Waals surface area contributed by atoms with Gasteiger partial charge in [-0.2, -0.15) is 10.2 Å². The summed E-state index contributed by atoms with van der Waals surface area (Å²) in [5.41, 5.74) is 1.17. The van der Waals surface area contributed by atoms with Gasteiger partial charge in [0.05, 0.1) is 0 Å². The first-order chi connectivity index (χ1) is 5.57. The van der Waals surface area contributed by atoms with Gasteiger partial charge in [0.1, 0.15) is 0 Å². The molecular weight excluding hydrogens is 148 g/mol. The molecule has 0 aromatic rings. The van der Waals surface area contributed by atoms with Crippen LogP contribution < -0.4 is 0 Å². The van der Waals surface area contributed by atoms with E-state index in [2.05, 4.69) is 44.6 Å². The number of hydrogen-bond acceptors (Lipinski definition) is 2. The summed E-state index contributed by atoms with van der Waals surface area (Å²) < 4.78 is 0. The highest BCUT2D eigenvalue weighted by Gasteiger charge is 2.05. The van der Waals surface area contributed by atoms with Crippen molar-refractivity contribution < 1.29 is 0 Å². The zero-order valence-corrected chi connectivity index (χ0v) is 8.67. The van der Waals surface area contributed by atoms with Crippen LogP contribution in [-0.2, 0) is 0 Å². The van der Waals surface area contributed by atoms with Crippen LogP contribution in [-0.4, -0.2) is 12.4 Å². The van der Waals surface area contributed by atoms with Crippen molar-refractivity contribution in [1.82, 2.24) is 0 Å². The third-order valence-electron chi connectivity index (χ3n) is 1.84. The Balaban J connectivity index is 3.97. The average Bonchev–Trinajstić information content (AvgIpc) is 1.96. The highest BCUT2D eigenvalue weighted by molar-refractivity contribution is 5.86. The van der Waals surface area contributed by atoms with Crippen molar-refractivity contribution in [2.45, 2.75) is 40.5 Å². The molecule has 0 spiro atoms. The fourth-order valence-corrected chi connectivity index (χ4v) is 0.982. The fourth-order valence-electron chi connectivity index (χ4n) is 0.982. The summed E-state index contributed by atoms with van der Waals surface area (Å²) in [6.45, 7) is 12.1. The van der Waals surface area contributed by atoms with Gasteiger partial charge in [-0.05, 0) is 24.7 Å². The van der Waals surface area contributed by atoms with Gasteiger partial charge in [0, 0.05) is 12.4 Å². The Labute approximate surface area is 75.8 Å². The molecule has 2 heteroatoms. The highest BCUT2D eigenvalue weighted by atomic mass is 15.2. The second-order valence-corrected chi connectivity index (χ2v) is 3.82. The fraction of sp³-hybridized carbons (Fsp3) is 0.800. The molecule has 0 amide bonds. The van der Waals surface area contributed by atoms with Gasteiger partial charge in [0.2, 0.25) is 0 Å². The van der Waals surface area contributed by atoms with Crippen molar-refractivity contribution in [3.05, 3.63) is 0 Å². The van der Waals surface area contributed by atoms with Gasteiger partial charge in [-0.15, -0.1) is 0 Å². The summed E-state index contributed by atoms with van der Waals surface area (Å²) >= 11 is 0. The van der Waals surface area contributed by atoms with Crippen LogP contribution in [0.5, 0.6) is 0 Å². The van der Waals surface area contributed by atoms with Gasteiger partial charge in [-0.3, -0.25) is 0 Å². The quantitative estimate of drug-likeness (QED) is 0.445. The zero-order valence-electron chi connectivity index (χ0n) is 8.67. The topological polar surface area (TPSA) is 24.7 Å². The molecular formula is C10H20N2. The number of nitrogens with zero attached hydrogens (tertiary/aromatic N) is 2. The molecule has 0 atom stereocenters. The van der Waals surface area contributed by atoms with Gasteiger partial charge in [0.25, 0.3) is 0 Å². The van der Waals surface area contributed by atoms with E-state index in [1.54, 1.807) is 0 Å². The molecule has 0 fully saturated rings. The summed E-state index contributed by atoms with van der Waals surface area (Å²) in [6, 6.07) is 0. The van der Waals surface area contributed by atoms with Crippen LogP contribution in [0.2, 0.25) is 0 Å². The largest absolute Gasteiger partial charge is 0.167 e. The third-order valence-corrected chi connectivity index (χ3v) is 1.84. The molecule has 0 aliphatic rings. The highest BCUT2D eigenvalue weighted by Crippen LogP contribution is 2.10. The summed E-state index contributed by atoms with van der Waals surface area (Å²) in [6.07, 6.45) is 2.24. The number of hydrogen-bond donors (Lipinski definition) is 0. The van der Waals surface area contributed by atoms with Crippen LogP contribution in [0.1, 0.15) is 40.5 Å². The normalized spacial score (nSPS) is 12.7. The molecule has 0 N–H and O–H groups in total. The SMILES string of the molecule is C=N/N=C(\CCC(C)C)C(C)C. The van der Waals surface area contributed by atoms with Crippen LogP contribution in [0.3, 0.4) is 0 Å². The lowest BCUT2D eigenvalue weighted by Crippen LogP contribution is -2.08. The lowest BCUT2D eigenvalue weighted by molar-refractivity contribution is 0.595. The van der Waals surface area contributed by atoms with E-state index < -0.39 is 0 Å². The molecule has 0 aromatic heterocycles. The Bertz CT molecular complexity index is 157. The van der Waals surface area contributed by atoms with Crippen molar-refractivity contribution in [3.8, 4) is 0 Å². The van der Waals surface area contributed by atoms with Gasteiger partial charge in [-0.1, -0.05) is 27.7 Å². The monoisotopic (exact) mass is 168 g/mol. The van der Waals surface area contributed by atoms with Crippen LogP contribution >= 0.6 is 0 Å². The van der Waals surface area contributed by atoms with E-state index in [4.69, 9.17) is 0 Å². The molecule has 0 rings (SSSR count). The second kappa shape index (κ2) is 5.92. The molecule has 0 bridgehead atoms. The van der Waals surface area contributed by atoms with Gasteiger partial charge >= 0.3 is 0 Å². The minimum Gasteiger partial charge on any atom is -0.167 e. The van der Waals surface area contributed by atoms with E-state index >= 15 is 0 Å². The summed E-state index contributed by atoms with van der Waals surface area (Å²) in [5.74, 6) is 1.23. The maximum atomic E-state index is 4.03. The Morgan fingerprint density at radius 2 is 1.83 bits per heavy atom.